The van der Waals surface area contributed by atoms with Gasteiger partial charge in [0.15, 0.2) is 0 Å². The van der Waals surface area contributed by atoms with Gasteiger partial charge < -0.3 is 19.9 Å². The molecule has 2 aromatic rings. The Morgan fingerprint density at radius 2 is 1.87 bits per heavy atom. The van der Waals surface area contributed by atoms with E-state index in [2.05, 4.69) is 5.32 Å². The van der Waals surface area contributed by atoms with Gasteiger partial charge in [-0.15, -0.1) is 12.4 Å². The van der Waals surface area contributed by atoms with Crippen LogP contribution in [0, 0.1) is 0 Å². The summed E-state index contributed by atoms with van der Waals surface area (Å²) in [6, 6.07) is 15.9. The van der Waals surface area contributed by atoms with E-state index in [0.29, 0.717) is 32.8 Å². The van der Waals surface area contributed by atoms with E-state index in [1.165, 1.54) is 0 Å². The summed E-state index contributed by atoms with van der Waals surface area (Å²) in [7, 11) is 1.91. The largest absolute Gasteiger partial charge is 0.492 e. The first-order valence-corrected chi connectivity index (χ1v) is 10.0. The number of carboxylic acid groups (broad SMARTS) is 1. The second-order valence-electron chi connectivity index (χ2n) is 7.54. The Hall–Kier alpha value is -2.61. The van der Waals surface area contributed by atoms with Crippen LogP contribution >= 0.6 is 12.4 Å². The van der Waals surface area contributed by atoms with Crippen molar-refractivity contribution >= 4 is 24.3 Å². The standard InChI is InChI=1S/C23H28N2O5.ClH/c1-17(18-8-10-19(11-9-18)21(26)27)24-22(28)23(12-14-29-16-23)25(2)13-15-30-20-6-4-3-5-7-20;/h3-11,17H,12-16H2,1-2H3,(H,24,28)(H,26,27);1H/t17-,23?;/m0./s1. The number of carbonyl (C=O) groups is 2. The van der Waals surface area contributed by atoms with Crippen molar-refractivity contribution in [1.82, 2.24) is 10.2 Å². The van der Waals surface area contributed by atoms with Gasteiger partial charge >= 0.3 is 5.97 Å². The van der Waals surface area contributed by atoms with Crippen LogP contribution in [0.1, 0.15) is 35.3 Å². The number of likely N-dealkylation sites (N-methyl/N-ethyl adjacent to an activating group) is 1. The van der Waals surface area contributed by atoms with Crippen LogP contribution in [-0.4, -0.2) is 60.8 Å². The highest BCUT2D eigenvalue weighted by Gasteiger charge is 2.46. The molecule has 0 bridgehead atoms. The molecule has 0 spiro atoms. The van der Waals surface area contributed by atoms with Crippen LogP contribution in [0.15, 0.2) is 54.6 Å². The van der Waals surface area contributed by atoms with Crippen LogP contribution in [-0.2, 0) is 9.53 Å². The minimum Gasteiger partial charge on any atom is -0.492 e. The Kier molecular flexibility index (Phi) is 8.86. The average Bonchev–Trinajstić information content (AvgIpc) is 3.26. The van der Waals surface area contributed by atoms with E-state index in [9.17, 15) is 9.59 Å². The Balaban J connectivity index is 0.00000341. The van der Waals surface area contributed by atoms with E-state index in [1.54, 1.807) is 24.3 Å². The maximum absolute atomic E-state index is 13.2. The molecule has 2 N–H and O–H groups in total. The van der Waals surface area contributed by atoms with E-state index in [0.717, 1.165) is 11.3 Å². The molecule has 7 nitrogen and oxygen atoms in total. The number of hydrogen-bond donors (Lipinski definition) is 2. The molecule has 1 saturated heterocycles. The Morgan fingerprint density at radius 1 is 1.19 bits per heavy atom. The minimum absolute atomic E-state index is 0. The molecule has 0 saturated carbocycles. The van der Waals surface area contributed by atoms with Gasteiger partial charge in [0.2, 0.25) is 5.91 Å². The fourth-order valence-corrected chi connectivity index (χ4v) is 3.57. The molecule has 1 aliphatic rings. The molecule has 2 aromatic carbocycles. The molecule has 3 rings (SSSR count). The topological polar surface area (TPSA) is 88.1 Å². The first-order valence-electron chi connectivity index (χ1n) is 10.0. The van der Waals surface area contributed by atoms with Crippen molar-refractivity contribution in [2.75, 3.05) is 33.4 Å². The van der Waals surface area contributed by atoms with Crippen molar-refractivity contribution in [3.05, 3.63) is 65.7 Å². The normalized spacial score (nSPS) is 18.8. The van der Waals surface area contributed by atoms with Crippen LogP contribution in [0.2, 0.25) is 0 Å². The molecule has 1 aliphatic heterocycles. The van der Waals surface area contributed by atoms with Gasteiger partial charge in [-0.2, -0.15) is 0 Å². The number of para-hydroxylation sites is 1. The van der Waals surface area contributed by atoms with Crippen molar-refractivity contribution in [3.63, 3.8) is 0 Å². The van der Waals surface area contributed by atoms with Gasteiger partial charge in [0.1, 0.15) is 17.9 Å². The van der Waals surface area contributed by atoms with E-state index in [1.807, 2.05) is 49.2 Å². The number of halogens is 1. The molecule has 168 valence electrons. The Labute approximate surface area is 188 Å². The lowest BCUT2D eigenvalue weighted by Crippen LogP contribution is -2.59. The third-order valence-electron chi connectivity index (χ3n) is 5.60. The van der Waals surface area contributed by atoms with Crippen molar-refractivity contribution in [1.29, 1.82) is 0 Å². The van der Waals surface area contributed by atoms with Gasteiger partial charge in [-0.25, -0.2) is 4.79 Å². The molecule has 1 fully saturated rings. The predicted molar refractivity (Wildman–Crippen MR) is 120 cm³/mol. The fraction of sp³-hybridized carbons (Fsp3) is 0.391. The third-order valence-corrected chi connectivity index (χ3v) is 5.60. The SMILES string of the molecule is C[C@H](NC(=O)C1(N(C)CCOc2ccccc2)CCOC1)c1ccc(C(=O)O)cc1.Cl. The molecule has 0 aliphatic carbocycles. The smallest absolute Gasteiger partial charge is 0.335 e. The highest BCUT2D eigenvalue weighted by atomic mass is 35.5. The Bertz CT molecular complexity index is 854. The summed E-state index contributed by atoms with van der Waals surface area (Å²) in [6.07, 6.45) is 0.603. The van der Waals surface area contributed by atoms with E-state index in [4.69, 9.17) is 14.6 Å². The summed E-state index contributed by atoms with van der Waals surface area (Å²) in [5.41, 5.74) is 0.309. The van der Waals surface area contributed by atoms with E-state index < -0.39 is 11.5 Å². The van der Waals surface area contributed by atoms with Crippen molar-refractivity contribution < 1.29 is 24.2 Å². The highest BCUT2D eigenvalue weighted by molar-refractivity contribution is 5.88. The first kappa shape index (κ1) is 24.7. The van der Waals surface area contributed by atoms with Crippen molar-refractivity contribution in [2.24, 2.45) is 0 Å². The van der Waals surface area contributed by atoms with Crippen molar-refractivity contribution in [2.45, 2.75) is 24.9 Å². The van der Waals surface area contributed by atoms with Gasteiger partial charge in [-0.1, -0.05) is 30.3 Å². The Morgan fingerprint density at radius 3 is 2.45 bits per heavy atom. The van der Waals surface area contributed by atoms with Gasteiger partial charge in [-0.3, -0.25) is 9.69 Å². The summed E-state index contributed by atoms with van der Waals surface area (Å²) < 4.78 is 11.4. The number of amides is 1. The van der Waals surface area contributed by atoms with Gasteiger partial charge in [0.05, 0.1) is 18.2 Å². The van der Waals surface area contributed by atoms with Gasteiger partial charge in [0, 0.05) is 19.6 Å². The molecule has 0 aromatic heterocycles. The zero-order valence-electron chi connectivity index (χ0n) is 17.7. The van der Waals surface area contributed by atoms with Crippen LogP contribution in [0.3, 0.4) is 0 Å². The number of nitrogens with one attached hydrogen (secondary N) is 1. The van der Waals surface area contributed by atoms with Crippen LogP contribution < -0.4 is 10.1 Å². The molecular formula is C23H29ClN2O5. The summed E-state index contributed by atoms with van der Waals surface area (Å²) in [5.74, 6) is -0.276. The number of aromatic carboxylic acids is 1. The second-order valence-corrected chi connectivity index (χ2v) is 7.54. The summed E-state index contributed by atoms with van der Waals surface area (Å²) in [6.45, 7) is 3.77. The van der Waals surface area contributed by atoms with Crippen molar-refractivity contribution in [3.8, 4) is 5.75 Å². The number of rotatable bonds is 9. The second kappa shape index (κ2) is 11.1. The predicted octanol–water partition coefficient (Wildman–Crippen LogP) is 3.15. The number of benzene rings is 2. The number of hydrogen-bond acceptors (Lipinski definition) is 5. The maximum Gasteiger partial charge on any atom is 0.335 e. The molecule has 1 unspecified atom stereocenters. The van der Waals surface area contributed by atoms with Crippen LogP contribution in [0.5, 0.6) is 5.75 Å². The monoisotopic (exact) mass is 448 g/mol. The summed E-state index contributed by atoms with van der Waals surface area (Å²) >= 11 is 0. The molecule has 8 heteroatoms. The molecule has 0 radical (unpaired) electrons. The van der Waals surface area contributed by atoms with Gasteiger partial charge in [-0.05, 0) is 43.8 Å². The van der Waals surface area contributed by atoms with Crippen LogP contribution in [0.25, 0.3) is 0 Å². The van der Waals surface area contributed by atoms with Crippen LogP contribution in [0.4, 0.5) is 0 Å². The lowest BCUT2D eigenvalue weighted by molar-refractivity contribution is -0.134. The first-order chi connectivity index (χ1) is 14.4. The average molecular weight is 449 g/mol. The molecule has 1 heterocycles. The lowest BCUT2D eigenvalue weighted by Gasteiger charge is -2.36. The van der Waals surface area contributed by atoms with Gasteiger partial charge in [0.25, 0.3) is 0 Å². The highest BCUT2D eigenvalue weighted by Crippen LogP contribution is 2.27. The summed E-state index contributed by atoms with van der Waals surface area (Å²) in [4.78, 5) is 26.3. The zero-order chi connectivity index (χ0) is 21.6. The maximum atomic E-state index is 13.2. The number of nitrogens with zero attached hydrogens (tertiary/aromatic N) is 1. The van der Waals surface area contributed by atoms with E-state index >= 15 is 0 Å². The molecule has 2 atom stereocenters. The number of carbonyl (C=O) groups excluding carboxylic acids is 1. The summed E-state index contributed by atoms with van der Waals surface area (Å²) in [5, 5.41) is 12.1. The fourth-order valence-electron chi connectivity index (χ4n) is 3.57. The molecule has 31 heavy (non-hydrogen) atoms. The lowest BCUT2D eigenvalue weighted by atomic mass is 9.94. The number of ether oxygens (including phenoxy) is 2. The molecule has 1 amide bonds. The third kappa shape index (κ3) is 5.97. The minimum atomic E-state index is -0.973. The van der Waals surface area contributed by atoms with E-state index in [-0.39, 0.29) is 29.9 Å². The quantitative estimate of drug-likeness (QED) is 0.612. The molecular weight excluding hydrogens is 420 g/mol. The number of carboxylic acids is 1. The zero-order valence-corrected chi connectivity index (χ0v) is 18.6.